The van der Waals surface area contributed by atoms with Crippen molar-refractivity contribution < 1.29 is 0 Å². The number of hydrogen-bond acceptors (Lipinski definition) is 3. The van der Waals surface area contributed by atoms with E-state index in [4.69, 9.17) is 5.73 Å². The molecule has 0 amide bonds. The van der Waals surface area contributed by atoms with E-state index in [0.717, 1.165) is 13.0 Å². The van der Waals surface area contributed by atoms with Gasteiger partial charge in [0.15, 0.2) is 0 Å². The van der Waals surface area contributed by atoms with Gasteiger partial charge < -0.3 is 5.73 Å². The SMILES string of the molecule is CCc1ccc(C(CN)N2CCSC(C)C2C)cc1. The molecule has 2 rings (SSSR count). The quantitative estimate of drug-likeness (QED) is 0.918. The number of benzene rings is 1. The first-order valence-electron chi connectivity index (χ1n) is 7.33. The minimum Gasteiger partial charge on any atom is -0.329 e. The maximum Gasteiger partial charge on any atom is 0.0474 e. The summed E-state index contributed by atoms with van der Waals surface area (Å²) in [7, 11) is 0. The highest BCUT2D eigenvalue weighted by Crippen LogP contribution is 2.31. The van der Waals surface area contributed by atoms with Crippen LogP contribution in [-0.2, 0) is 6.42 Å². The van der Waals surface area contributed by atoms with Crippen molar-refractivity contribution in [1.29, 1.82) is 0 Å². The molecule has 1 aromatic rings. The van der Waals surface area contributed by atoms with Gasteiger partial charge in [0.25, 0.3) is 0 Å². The van der Waals surface area contributed by atoms with Crippen LogP contribution in [-0.4, -0.2) is 35.0 Å². The van der Waals surface area contributed by atoms with E-state index in [2.05, 4.69) is 61.7 Å². The number of nitrogens with two attached hydrogens (primary N) is 1. The molecule has 0 spiro atoms. The van der Waals surface area contributed by atoms with Crippen LogP contribution in [0.5, 0.6) is 0 Å². The van der Waals surface area contributed by atoms with E-state index < -0.39 is 0 Å². The zero-order chi connectivity index (χ0) is 13.8. The van der Waals surface area contributed by atoms with Gasteiger partial charge in [-0.2, -0.15) is 11.8 Å². The van der Waals surface area contributed by atoms with Crippen molar-refractivity contribution in [3.8, 4) is 0 Å². The Kier molecular flexibility index (Phi) is 5.31. The molecule has 3 atom stereocenters. The second-order valence-electron chi connectivity index (χ2n) is 5.40. The number of thioether (sulfide) groups is 1. The Morgan fingerprint density at radius 1 is 1.32 bits per heavy atom. The third-order valence-electron chi connectivity index (χ3n) is 4.33. The van der Waals surface area contributed by atoms with Crippen molar-refractivity contribution in [2.45, 2.75) is 44.5 Å². The van der Waals surface area contributed by atoms with Gasteiger partial charge in [0, 0.05) is 36.2 Å². The first kappa shape index (κ1) is 14.9. The minimum atomic E-state index is 0.365. The van der Waals surface area contributed by atoms with E-state index in [0.29, 0.717) is 23.9 Å². The van der Waals surface area contributed by atoms with E-state index in [9.17, 15) is 0 Å². The number of aryl methyl sites for hydroxylation is 1. The summed E-state index contributed by atoms with van der Waals surface area (Å²) in [5, 5.41) is 0.692. The van der Waals surface area contributed by atoms with E-state index in [-0.39, 0.29) is 0 Å². The average Bonchev–Trinajstić information content (AvgIpc) is 2.45. The van der Waals surface area contributed by atoms with E-state index in [1.807, 2.05) is 0 Å². The molecule has 1 fully saturated rings. The monoisotopic (exact) mass is 278 g/mol. The third kappa shape index (κ3) is 3.33. The Morgan fingerprint density at radius 2 is 2.00 bits per heavy atom. The summed E-state index contributed by atoms with van der Waals surface area (Å²) in [6, 6.07) is 9.96. The molecule has 3 heteroatoms. The average molecular weight is 278 g/mol. The molecule has 106 valence electrons. The summed E-state index contributed by atoms with van der Waals surface area (Å²) in [4.78, 5) is 2.59. The highest BCUT2D eigenvalue weighted by Gasteiger charge is 2.30. The normalized spacial score (nSPS) is 26.3. The van der Waals surface area contributed by atoms with E-state index in [1.54, 1.807) is 0 Å². The molecule has 2 nitrogen and oxygen atoms in total. The molecule has 1 aromatic carbocycles. The Balaban J connectivity index is 2.18. The van der Waals surface area contributed by atoms with Crippen LogP contribution in [0.4, 0.5) is 0 Å². The van der Waals surface area contributed by atoms with Gasteiger partial charge in [-0.25, -0.2) is 0 Å². The molecule has 0 aromatic heterocycles. The van der Waals surface area contributed by atoms with Crippen molar-refractivity contribution in [3.63, 3.8) is 0 Å². The smallest absolute Gasteiger partial charge is 0.0474 e. The van der Waals surface area contributed by atoms with Crippen molar-refractivity contribution in [2.75, 3.05) is 18.8 Å². The van der Waals surface area contributed by atoms with Gasteiger partial charge in [0.2, 0.25) is 0 Å². The molecule has 1 aliphatic rings. The van der Waals surface area contributed by atoms with Crippen molar-refractivity contribution >= 4 is 11.8 Å². The van der Waals surface area contributed by atoms with Gasteiger partial charge in [-0.1, -0.05) is 38.1 Å². The molecule has 1 heterocycles. The molecule has 0 bridgehead atoms. The molecule has 0 radical (unpaired) electrons. The lowest BCUT2D eigenvalue weighted by Gasteiger charge is -2.42. The largest absolute Gasteiger partial charge is 0.329 e. The van der Waals surface area contributed by atoms with Crippen LogP contribution in [0.2, 0.25) is 0 Å². The summed E-state index contributed by atoms with van der Waals surface area (Å²) in [6.07, 6.45) is 1.10. The fraction of sp³-hybridized carbons (Fsp3) is 0.625. The predicted molar refractivity (Wildman–Crippen MR) is 85.7 cm³/mol. The Hall–Kier alpha value is -0.510. The fourth-order valence-corrected chi connectivity index (χ4v) is 3.96. The Bertz CT molecular complexity index is 390. The van der Waals surface area contributed by atoms with Gasteiger partial charge >= 0.3 is 0 Å². The maximum atomic E-state index is 6.07. The molecule has 0 aliphatic carbocycles. The van der Waals surface area contributed by atoms with Crippen LogP contribution in [0.15, 0.2) is 24.3 Å². The lowest BCUT2D eigenvalue weighted by molar-refractivity contribution is 0.150. The van der Waals surface area contributed by atoms with Crippen LogP contribution in [0, 0.1) is 0 Å². The maximum absolute atomic E-state index is 6.07. The Labute approximate surface area is 121 Å². The molecule has 1 aliphatic heterocycles. The molecule has 0 saturated carbocycles. The first-order chi connectivity index (χ1) is 9.17. The predicted octanol–water partition coefficient (Wildman–Crippen LogP) is 3.07. The first-order valence-corrected chi connectivity index (χ1v) is 8.38. The second-order valence-corrected chi connectivity index (χ2v) is 6.89. The lowest BCUT2D eigenvalue weighted by Crippen LogP contribution is -2.48. The van der Waals surface area contributed by atoms with Crippen molar-refractivity contribution in [1.82, 2.24) is 4.90 Å². The van der Waals surface area contributed by atoms with Gasteiger partial charge in [-0.05, 0) is 24.5 Å². The zero-order valence-corrected chi connectivity index (χ0v) is 13.1. The van der Waals surface area contributed by atoms with E-state index >= 15 is 0 Å². The molecule has 2 N–H and O–H groups in total. The minimum absolute atomic E-state index is 0.365. The van der Waals surface area contributed by atoms with Crippen molar-refractivity contribution in [3.05, 3.63) is 35.4 Å². The standard InChI is InChI=1S/C16H26N2S/c1-4-14-5-7-15(8-6-14)16(11-17)18-9-10-19-13(3)12(18)2/h5-8,12-13,16H,4,9-11,17H2,1-3H3. The van der Waals surface area contributed by atoms with Crippen molar-refractivity contribution in [2.24, 2.45) is 5.73 Å². The lowest BCUT2D eigenvalue weighted by atomic mass is 10.0. The van der Waals surface area contributed by atoms with Gasteiger partial charge in [-0.3, -0.25) is 4.90 Å². The summed E-state index contributed by atoms with van der Waals surface area (Å²) in [5.74, 6) is 1.22. The molecule has 1 saturated heterocycles. The number of nitrogens with zero attached hydrogens (tertiary/aromatic N) is 1. The summed E-state index contributed by atoms with van der Waals surface area (Å²) in [5.41, 5.74) is 8.83. The highest BCUT2D eigenvalue weighted by molar-refractivity contribution is 8.00. The van der Waals surface area contributed by atoms with Gasteiger partial charge in [0.05, 0.1) is 0 Å². The van der Waals surface area contributed by atoms with Crippen LogP contribution >= 0.6 is 11.8 Å². The van der Waals surface area contributed by atoms with E-state index in [1.165, 1.54) is 16.9 Å². The Morgan fingerprint density at radius 3 is 2.58 bits per heavy atom. The topological polar surface area (TPSA) is 29.3 Å². The fourth-order valence-electron chi connectivity index (χ4n) is 2.83. The summed E-state index contributed by atoms with van der Waals surface area (Å²) < 4.78 is 0. The summed E-state index contributed by atoms with van der Waals surface area (Å²) >= 11 is 2.08. The van der Waals surface area contributed by atoms with Crippen LogP contribution in [0.25, 0.3) is 0 Å². The molecular weight excluding hydrogens is 252 g/mol. The third-order valence-corrected chi connectivity index (χ3v) is 5.67. The highest BCUT2D eigenvalue weighted by atomic mass is 32.2. The number of hydrogen-bond donors (Lipinski definition) is 1. The van der Waals surface area contributed by atoms with Crippen LogP contribution in [0.1, 0.15) is 37.9 Å². The van der Waals surface area contributed by atoms with Crippen LogP contribution < -0.4 is 5.73 Å². The summed E-state index contributed by atoms with van der Waals surface area (Å²) in [6.45, 7) is 8.71. The number of rotatable bonds is 4. The second kappa shape index (κ2) is 6.78. The van der Waals surface area contributed by atoms with Crippen LogP contribution in [0.3, 0.4) is 0 Å². The van der Waals surface area contributed by atoms with Gasteiger partial charge in [-0.15, -0.1) is 0 Å². The van der Waals surface area contributed by atoms with Gasteiger partial charge in [0.1, 0.15) is 0 Å². The molecule has 19 heavy (non-hydrogen) atoms. The molecular formula is C16H26N2S. The zero-order valence-electron chi connectivity index (χ0n) is 12.3. The molecule has 3 unspecified atom stereocenters.